The third kappa shape index (κ3) is 7.26. The Morgan fingerprint density at radius 2 is 1.88 bits per heavy atom. The van der Waals surface area contributed by atoms with E-state index < -0.39 is 41.0 Å². The van der Waals surface area contributed by atoms with E-state index in [4.69, 9.17) is 9.57 Å². The number of fused-ring (bicyclic) bond motifs is 1. The average molecular weight is 573 g/mol. The van der Waals surface area contributed by atoms with Gasteiger partial charge < -0.3 is 15.0 Å². The molecule has 3 aliphatic rings. The van der Waals surface area contributed by atoms with Gasteiger partial charge in [0.25, 0.3) is 17.7 Å². The Balaban J connectivity index is 1.24. The molecule has 4 rings (SSSR count). The number of ether oxygens (including phenoxy) is 1. The SMILES string of the molecule is CN(CN1CCN(C=O)CC1)OCC(C)(C)CNC(=O)COc1cccc2c1C(=O)N(C1CCC(=O)NC1=O)C2=O. The van der Waals surface area contributed by atoms with Gasteiger partial charge in [-0.2, -0.15) is 5.06 Å². The second-order valence-corrected chi connectivity index (χ2v) is 11.2. The van der Waals surface area contributed by atoms with Gasteiger partial charge in [0.2, 0.25) is 18.2 Å². The molecule has 1 aromatic rings. The molecule has 1 aromatic carbocycles. The lowest BCUT2D eigenvalue weighted by Gasteiger charge is -2.35. The number of hydrogen-bond donors (Lipinski definition) is 2. The summed E-state index contributed by atoms with van der Waals surface area (Å²) in [6.07, 6.45) is 0.928. The number of carbonyl (C=O) groups is 6. The Morgan fingerprint density at radius 1 is 1.15 bits per heavy atom. The van der Waals surface area contributed by atoms with Crippen LogP contribution in [0.4, 0.5) is 0 Å². The van der Waals surface area contributed by atoms with E-state index in [0.717, 1.165) is 24.4 Å². The lowest BCUT2D eigenvalue weighted by Crippen LogP contribution is -2.54. The van der Waals surface area contributed by atoms with Crippen molar-refractivity contribution in [3.05, 3.63) is 29.3 Å². The van der Waals surface area contributed by atoms with Crippen LogP contribution in [0.1, 0.15) is 47.4 Å². The Morgan fingerprint density at radius 3 is 2.56 bits per heavy atom. The summed E-state index contributed by atoms with van der Waals surface area (Å²) in [6.45, 7) is 7.65. The van der Waals surface area contributed by atoms with Crippen molar-refractivity contribution in [1.82, 2.24) is 30.4 Å². The molecular weight excluding hydrogens is 536 g/mol. The van der Waals surface area contributed by atoms with Gasteiger partial charge >= 0.3 is 0 Å². The zero-order valence-electron chi connectivity index (χ0n) is 23.5. The van der Waals surface area contributed by atoms with E-state index >= 15 is 0 Å². The smallest absolute Gasteiger partial charge is 0.266 e. The van der Waals surface area contributed by atoms with Gasteiger partial charge in [-0.05, 0) is 18.6 Å². The van der Waals surface area contributed by atoms with E-state index in [1.165, 1.54) is 18.2 Å². The molecule has 2 fully saturated rings. The van der Waals surface area contributed by atoms with E-state index in [0.29, 0.717) is 32.9 Å². The fourth-order valence-corrected chi connectivity index (χ4v) is 4.81. The van der Waals surface area contributed by atoms with Crippen LogP contribution < -0.4 is 15.4 Å². The first kappa shape index (κ1) is 30.1. The molecule has 3 aliphatic heterocycles. The highest BCUT2D eigenvalue weighted by atomic mass is 16.7. The number of imide groups is 2. The number of nitrogens with zero attached hydrogens (tertiary/aromatic N) is 4. The Kier molecular flexibility index (Phi) is 9.35. The van der Waals surface area contributed by atoms with Crippen LogP contribution in [0.5, 0.6) is 5.75 Å². The molecule has 3 heterocycles. The summed E-state index contributed by atoms with van der Waals surface area (Å²) < 4.78 is 5.64. The lowest BCUT2D eigenvalue weighted by molar-refractivity contribution is -0.186. The van der Waals surface area contributed by atoms with Crippen molar-refractivity contribution in [2.45, 2.75) is 32.7 Å². The molecule has 0 bridgehead atoms. The number of rotatable bonds is 12. The van der Waals surface area contributed by atoms with Crippen LogP contribution in [-0.4, -0.2) is 121 Å². The molecule has 0 aromatic heterocycles. The largest absolute Gasteiger partial charge is 0.483 e. The summed E-state index contributed by atoms with van der Waals surface area (Å²) >= 11 is 0. The molecule has 6 amide bonds. The maximum absolute atomic E-state index is 13.2. The van der Waals surface area contributed by atoms with Crippen LogP contribution in [0.25, 0.3) is 0 Å². The maximum atomic E-state index is 13.2. The number of hydroxylamine groups is 2. The molecule has 0 radical (unpaired) electrons. The first-order chi connectivity index (χ1) is 19.5. The van der Waals surface area contributed by atoms with E-state index in [-0.39, 0.29) is 36.3 Å². The normalized spacial score (nSPS) is 19.9. The zero-order valence-corrected chi connectivity index (χ0v) is 23.5. The van der Waals surface area contributed by atoms with Crippen LogP contribution >= 0.6 is 0 Å². The quantitative estimate of drug-likeness (QED) is 0.185. The summed E-state index contributed by atoms with van der Waals surface area (Å²) in [5, 5.41) is 6.70. The number of piperazine rings is 1. The summed E-state index contributed by atoms with van der Waals surface area (Å²) in [5.41, 5.74) is -0.344. The Hall–Kier alpha value is -3.88. The average Bonchev–Trinajstić information content (AvgIpc) is 3.20. The third-order valence-electron chi connectivity index (χ3n) is 7.18. The van der Waals surface area contributed by atoms with Gasteiger partial charge in [0.05, 0.1) is 24.4 Å². The van der Waals surface area contributed by atoms with Gasteiger partial charge in [-0.15, -0.1) is 0 Å². The second-order valence-electron chi connectivity index (χ2n) is 11.2. The highest BCUT2D eigenvalue weighted by molar-refractivity contribution is 6.24. The topological polar surface area (TPSA) is 158 Å². The van der Waals surface area contributed by atoms with Crippen LogP contribution in [-0.2, 0) is 24.0 Å². The molecule has 14 nitrogen and oxygen atoms in total. The van der Waals surface area contributed by atoms with Crippen molar-refractivity contribution in [3.63, 3.8) is 0 Å². The van der Waals surface area contributed by atoms with Crippen molar-refractivity contribution in [3.8, 4) is 5.75 Å². The van der Waals surface area contributed by atoms with Crippen LogP contribution in [0, 0.1) is 5.41 Å². The minimum Gasteiger partial charge on any atom is -0.483 e. The van der Waals surface area contributed by atoms with Gasteiger partial charge in [-0.3, -0.25) is 48.7 Å². The van der Waals surface area contributed by atoms with Gasteiger partial charge in [0, 0.05) is 51.6 Å². The molecule has 41 heavy (non-hydrogen) atoms. The van der Waals surface area contributed by atoms with E-state index in [1.54, 1.807) is 9.96 Å². The predicted octanol–water partition coefficient (Wildman–Crippen LogP) is -0.796. The van der Waals surface area contributed by atoms with Crippen LogP contribution in [0.3, 0.4) is 0 Å². The summed E-state index contributed by atoms with van der Waals surface area (Å²) in [4.78, 5) is 84.0. The van der Waals surface area contributed by atoms with Gasteiger partial charge in [0.15, 0.2) is 6.61 Å². The van der Waals surface area contributed by atoms with Crippen LogP contribution in [0.15, 0.2) is 18.2 Å². The van der Waals surface area contributed by atoms with Crippen molar-refractivity contribution in [2.75, 3.05) is 59.7 Å². The molecule has 1 unspecified atom stereocenters. The fourth-order valence-electron chi connectivity index (χ4n) is 4.81. The van der Waals surface area contributed by atoms with Crippen molar-refractivity contribution >= 4 is 35.9 Å². The number of amides is 6. The van der Waals surface area contributed by atoms with Crippen LogP contribution in [0.2, 0.25) is 0 Å². The van der Waals surface area contributed by atoms with E-state index in [2.05, 4.69) is 15.5 Å². The number of carbonyl (C=O) groups excluding carboxylic acids is 6. The van der Waals surface area contributed by atoms with Gasteiger partial charge in [-0.25, -0.2) is 0 Å². The second kappa shape index (κ2) is 12.7. The molecule has 0 saturated carbocycles. The summed E-state index contributed by atoms with van der Waals surface area (Å²) in [6, 6.07) is 3.38. The minimum absolute atomic E-state index is 0.0145. The van der Waals surface area contributed by atoms with Crippen molar-refractivity contribution in [1.29, 1.82) is 0 Å². The third-order valence-corrected chi connectivity index (χ3v) is 7.18. The molecule has 14 heteroatoms. The molecule has 1 atom stereocenters. The monoisotopic (exact) mass is 572 g/mol. The first-order valence-electron chi connectivity index (χ1n) is 13.5. The number of piperidine rings is 1. The highest BCUT2D eigenvalue weighted by Gasteiger charge is 2.46. The Labute approximate surface area is 237 Å². The lowest BCUT2D eigenvalue weighted by atomic mass is 9.95. The summed E-state index contributed by atoms with van der Waals surface area (Å²) in [5.74, 6) is -2.87. The fraction of sp³-hybridized carbons (Fsp3) is 0.556. The molecule has 2 saturated heterocycles. The first-order valence-corrected chi connectivity index (χ1v) is 13.5. The van der Waals surface area contributed by atoms with Gasteiger partial charge in [-0.1, -0.05) is 19.9 Å². The number of hydrogen-bond acceptors (Lipinski definition) is 10. The van der Waals surface area contributed by atoms with Gasteiger partial charge in [0.1, 0.15) is 11.8 Å². The molecule has 0 spiro atoms. The van der Waals surface area contributed by atoms with Crippen molar-refractivity contribution in [2.24, 2.45) is 5.41 Å². The zero-order chi connectivity index (χ0) is 29.7. The summed E-state index contributed by atoms with van der Waals surface area (Å²) in [7, 11) is 1.83. The molecule has 222 valence electrons. The number of nitrogens with one attached hydrogen (secondary N) is 2. The van der Waals surface area contributed by atoms with Crippen molar-refractivity contribution < 1.29 is 38.3 Å². The minimum atomic E-state index is -1.09. The predicted molar refractivity (Wildman–Crippen MR) is 143 cm³/mol. The van der Waals surface area contributed by atoms with E-state index in [9.17, 15) is 28.8 Å². The molecule has 0 aliphatic carbocycles. The highest BCUT2D eigenvalue weighted by Crippen LogP contribution is 2.33. The maximum Gasteiger partial charge on any atom is 0.266 e. The number of benzene rings is 1. The van der Waals surface area contributed by atoms with E-state index in [1.807, 2.05) is 20.9 Å². The molecular formula is C27H36N6O8. The standard InChI is InChI=1S/C27H36N6O8/c1-27(2,15-41-30(3)16-31-9-11-32(17-34)12-10-31)14-28-22(36)13-40-20-6-4-5-18-23(20)26(39)33(25(18)38)19-7-8-21(35)29-24(19)37/h4-6,17,19H,7-16H2,1-3H3,(H,28,36)(H,29,35,37). The Bertz CT molecular complexity index is 1210. The molecule has 2 N–H and O–H groups in total.